The number of hydrogen-bond donors (Lipinski definition) is 2. The molecule has 10 nitrogen and oxygen atoms in total. The van der Waals surface area contributed by atoms with Crippen molar-refractivity contribution in [3.63, 3.8) is 0 Å². The first-order valence-corrected chi connectivity index (χ1v) is 11.0. The monoisotopic (exact) mass is 449 g/mol. The summed E-state index contributed by atoms with van der Waals surface area (Å²) in [6.07, 6.45) is 3.86. The van der Waals surface area contributed by atoms with Gasteiger partial charge in [-0.05, 0) is 55.0 Å². The van der Waals surface area contributed by atoms with E-state index in [1.807, 2.05) is 6.07 Å². The first kappa shape index (κ1) is 21.2. The molecule has 0 saturated carbocycles. The number of carbonyl (C=O) groups excluding carboxylic acids is 4. The molecule has 2 fully saturated rings. The predicted octanol–water partition coefficient (Wildman–Crippen LogP) is 1.07. The summed E-state index contributed by atoms with van der Waals surface area (Å²) in [5, 5.41) is 5.00. The van der Waals surface area contributed by atoms with E-state index in [-0.39, 0.29) is 36.6 Å². The molecular weight excluding hydrogens is 426 g/mol. The molecule has 1 aromatic carbocycles. The molecule has 5 rings (SSSR count). The number of hydrogen-bond acceptors (Lipinski definition) is 7. The lowest BCUT2D eigenvalue weighted by atomic mass is 10.0. The molecule has 0 spiro atoms. The number of imide groups is 1. The quantitative estimate of drug-likeness (QED) is 0.653. The number of nitrogens with zero attached hydrogens (tertiary/aromatic N) is 3. The summed E-state index contributed by atoms with van der Waals surface area (Å²) in [5.74, 6) is -0.818. The fourth-order valence-corrected chi connectivity index (χ4v) is 4.50. The first-order chi connectivity index (χ1) is 16.0. The van der Waals surface area contributed by atoms with Crippen molar-refractivity contribution in [2.45, 2.75) is 38.3 Å². The molecule has 33 heavy (non-hydrogen) atoms. The molecule has 4 heterocycles. The zero-order valence-corrected chi connectivity index (χ0v) is 17.9. The average molecular weight is 449 g/mol. The van der Waals surface area contributed by atoms with Gasteiger partial charge in [-0.3, -0.25) is 29.8 Å². The number of carbonyl (C=O) groups is 4. The SMILES string of the molecule is O=C1CCC(N2Cc3cc(C(=O)Nc4nccc(CC5CCOC5)n4)ccc3C2=O)C(=O)N1. The topological polar surface area (TPSA) is 131 Å². The van der Waals surface area contributed by atoms with E-state index in [4.69, 9.17) is 4.74 Å². The van der Waals surface area contributed by atoms with Crippen LogP contribution in [0, 0.1) is 5.92 Å². The Kier molecular flexibility index (Phi) is 5.59. The molecule has 1 aromatic heterocycles. The summed E-state index contributed by atoms with van der Waals surface area (Å²) in [7, 11) is 0. The van der Waals surface area contributed by atoms with Crippen molar-refractivity contribution in [1.29, 1.82) is 0 Å². The normalized spacial score (nSPS) is 22.3. The van der Waals surface area contributed by atoms with E-state index in [9.17, 15) is 19.2 Å². The smallest absolute Gasteiger partial charge is 0.258 e. The Labute approximate surface area is 189 Å². The van der Waals surface area contributed by atoms with Crippen molar-refractivity contribution in [3.05, 3.63) is 52.8 Å². The van der Waals surface area contributed by atoms with Crippen LogP contribution >= 0.6 is 0 Å². The zero-order chi connectivity index (χ0) is 22.9. The fraction of sp³-hybridized carbons (Fsp3) is 0.391. The van der Waals surface area contributed by atoms with Crippen LogP contribution < -0.4 is 10.6 Å². The molecule has 3 aliphatic heterocycles. The van der Waals surface area contributed by atoms with Gasteiger partial charge in [0.2, 0.25) is 17.8 Å². The Morgan fingerprint density at radius 3 is 2.88 bits per heavy atom. The van der Waals surface area contributed by atoms with Crippen LogP contribution in [0.4, 0.5) is 5.95 Å². The third-order valence-corrected chi connectivity index (χ3v) is 6.25. The van der Waals surface area contributed by atoms with Crippen molar-refractivity contribution in [1.82, 2.24) is 20.2 Å². The predicted molar refractivity (Wildman–Crippen MR) is 115 cm³/mol. The van der Waals surface area contributed by atoms with Gasteiger partial charge in [0, 0.05) is 49.2 Å². The summed E-state index contributed by atoms with van der Waals surface area (Å²) in [4.78, 5) is 59.3. The number of piperidine rings is 1. The highest BCUT2D eigenvalue weighted by Gasteiger charge is 2.39. The van der Waals surface area contributed by atoms with Gasteiger partial charge in [0.25, 0.3) is 11.8 Å². The van der Waals surface area contributed by atoms with E-state index in [1.54, 1.807) is 24.4 Å². The number of ether oxygens (including phenoxy) is 1. The second-order valence-corrected chi connectivity index (χ2v) is 8.53. The molecule has 4 amide bonds. The van der Waals surface area contributed by atoms with Crippen molar-refractivity contribution >= 4 is 29.6 Å². The second-order valence-electron chi connectivity index (χ2n) is 8.53. The molecule has 2 atom stereocenters. The number of nitrogens with one attached hydrogen (secondary N) is 2. The summed E-state index contributed by atoms with van der Waals surface area (Å²) >= 11 is 0. The van der Waals surface area contributed by atoms with E-state index in [1.165, 1.54) is 4.90 Å². The molecule has 2 unspecified atom stereocenters. The van der Waals surface area contributed by atoms with Gasteiger partial charge in [-0.15, -0.1) is 0 Å². The van der Waals surface area contributed by atoms with Crippen LogP contribution in [0.2, 0.25) is 0 Å². The van der Waals surface area contributed by atoms with E-state index < -0.39 is 11.9 Å². The van der Waals surface area contributed by atoms with Gasteiger partial charge in [0.1, 0.15) is 6.04 Å². The zero-order valence-electron chi connectivity index (χ0n) is 17.9. The maximum absolute atomic E-state index is 12.8. The van der Waals surface area contributed by atoms with E-state index >= 15 is 0 Å². The number of aromatic nitrogens is 2. The van der Waals surface area contributed by atoms with Crippen molar-refractivity contribution in [2.24, 2.45) is 5.92 Å². The van der Waals surface area contributed by atoms with Crippen LogP contribution in [-0.4, -0.2) is 57.8 Å². The molecule has 2 aromatic rings. The molecule has 2 saturated heterocycles. The lowest BCUT2D eigenvalue weighted by Crippen LogP contribution is -2.52. The van der Waals surface area contributed by atoms with Crippen LogP contribution in [0.5, 0.6) is 0 Å². The Hall–Kier alpha value is -3.66. The largest absolute Gasteiger partial charge is 0.381 e. The average Bonchev–Trinajstić information content (AvgIpc) is 3.41. The van der Waals surface area contributed by atoms with Crippen molar-refractivity contribution in [2.75, 3.05) is 18.5 Å². The standard InChI is InChI=1S/C23H23N5O5/c29-19-4-3-18(21(31)26-19)28-11-15-10-14(1-2-17(15)22(28)32)20(30)27-23-24-7-5-16(25-23)9-13-6-8-33-12-13/h1-2,5,7,10,13,18H,3-4,6,8-9,11-12H2,(H,26,29,31)(H,24,25,27,30). The third-order valence-electron chi connectivity index (χ3n) is 6.25. The van der Waals surface area contributed by atoms with Gasteiger partial charge >= 0.3 is 0 Å². The summed E-state index contributed by atoms with van der Waals surface area (Å²) < 4.78 is 5.41. The Balaban J connectivity index is 1.27. The lowest BCUT2D eigenvalue weighted by molar-refractivity contribution is -0.136. The van der Waals surface area contributed by atoms with Gasteiger partial charge in [0.05, 0.1) is 0 Å². The lowest BCUT2D eigenvalue weighted by Gasteiger charge is -2.29. The van der Waals surface area contributed by atoms with Gasteiger partial charge in [-0.25, -0.2) is 9.97 Å². The van der Waals surface area contributed by atoms with Gasteiger partial charge < -0.3 is 9.64 Å². The number of fused-ring (bicyclic) bond motifs is 1. The van der Waals surface area contributed by atoms with E-state index in [2.05, 4.69) is 20.6 Å². The Morgan fingerprint density at radius 2 is 2.09 bits per heavy atom. The van der Waals surface area contributed by atoms with Crippen molar-refractivity contribution < 1.29 is 23.9 Å². The minimum absolute atomic E-state index is 0.191. The van der Waals surface area contributed by atoms with E-state index in [0.717, 1.165) is 31.7 Å². The van der Waals surface area contributed by atoms with Crippen LogP contribution in [-0.2, 0) is 27.3 Å². The summed E-state index contributed by atoms with van der Waals surface area (Å²) in [5.41, 5.74) is 2.32. The number of anilines is 1. The Morgan fingerprint density at radius 1 is 1.21 bits per heavy atom. The highest BCUT2D eigenvalue weighted by Crippen LogP contribution is 2.28. The molecule has 3 aliphatic rings. The fourth-order valence-electron chi connectivity index (χ4n) is 4.50. The molecule has 0 radical (unpaired) electrons. The van der Waals surface area contributed by atoms with Crippen LogP contribution in [0.1, 0.15) is 51.2 Å². The highest BCUT2D eigenvalue weighted by molar-refractivity contribution is 6.07. The molecule has 2 N–H and O–H groups in total. The molecule has 0 bridgehead atoms. The number of amides is 4. The minimum atomic E-state index is -0.693. The first-order valence-electron chi connectivity index (χ1n) is 11.0. The van der Waals surface area contributed by atoms with Gasteiger partial charge in [0.15, 0.2) is 0 Å². The number of benzene rings is 1. The van der Waals surface area contributed by atoms with E-state index in [0.29, 0.717) is 29.0 Å². The Bertz CT molecular complexity index is 1140. The van der Waals surface area contributed by atoms with Crippen LogP contribution in [0.15, 0.2) is 30.5 Å². The molecule has 170 valence electrons. The molecule has 10 heteroatoms. The molecular formula is C23H23N5O5. The second kappa shape index (κ2) is 8.70. The number of rotatable bonds is 5. The van der Waals surface area contributed by atoms with Gasteiger partial charge in [-0.1, -0.05) is 0 Å². The summed E-state index contributed by atoms with van der Waals surface area (Å²) in [6, 6.07) is 5.95. The minimum Gasteiger partial charge on any atom is -0.381 e. The maximum atomic E-state index is 12.8. The maximum Gasteiger partial charge on any atom is 0.258 e. The summed E-state index contributed by atoms with van der Waals surface area (Å²) in [6.45, 7) is 1.69. The van der Waals surface area contributed by atoms with Crippen LogP contribution in [0.25, 0.3) is 0 Å². The van der Waals surface area contributed by atoms with Gasteiger partial charge in [-0.2, -0.15) is 0 Å². The molecule has 0 aliphatic carbocycles. The van der Waals surface area contributed by atoms with Crippen LogP contribution in [0.3, 0.4) is 0 Å². The third kappa shape index (κ3) is 4.34. The van der Waals surface area contributed by atoms with Crippen molar-refractivity contribution in [3.8, 4) is 0 Å². The highest BCUT2D eigenvalue weighted by atomic mass is 16.5.